The lowest BCUT2D eigenvalue weighted by molar-refractivity contribution is -0.123. The van der Waals surface area contributed by atoms with Crippen LogP contribution in [-0.4, -0.2) is 37.8 Å². The third-order valence-electron chi connectivity index (χ3n) is 4.68. The first kappa shape index (κ1) is 18.9. The molecule has 138 valence electrons. The van der Waals surface area contributed by atoms with Gasteiger partial charge in [-0.15, -0.1) is 0 Å². The maximum Gasteiger partial charge on any atom is 0.245 e. The van der Waals surface area contributed by atoms with Crippen molar-refractivity contribution in [1.82, 2.24) is 4.31 Å². The molecule has 1 heterocycles. The van der Waals surface area contributed by atoms with Gasteiger partial charge in [0.05, 0.1) is 4.90 Å². The molecule has 7 heteroatoms. The summed E-state index contributed by atoms with van der Waals surface area (Å²) in [6.45, 7) is 5.96. The Kier molecular flexibility index (Phi) is 5.10. The highest BCUT2D eigenvalue weighted by atomic mass is 35.5. The fraction of sp³-hybridized carbons (Fsp3) is 0.316. The number of hydrogen-bond acceptors (Lipinski definition) is 3. The topological polar surface area (TPSA) is 57.7 Å². The van der Waals surface area contributed by atoms with Crippen LogP contribution in [0.4, 0.5) is 5.69 Å². The number of carbonyl (C=O) groups excluding carboxylic acids is 1. The average molecular weight is 393 g/mol. The zero-order chi connectivity index (χ0) is 19.1. The quantitative estimate of drug-likeness (QED) is 0.804. The zero-order valence-electron chi connectivity index (χ0n) is 14.9. The number of rotatable bonds is 3. The Hall–Kier alpha value is -1.89. The Balaban J connectivity index is 1.89. The van der Waals surface area contributed by atoms with E-state index in [-0.39, 0.29) is 17.3 Å². The summed E-state index contributed by atoms with van der Waals surface area (Å²) in [7, 11) is -3.72. The SMILES string of the molecule is Cc1ccc(S(=O)(=O)N2CCN(c3ccc(Cl)cc3C)C(=O)[C@H]2C)cc1. The first-order valence-corrected chi connectivity index (χ1v) is 10.2. The van der Waals surface area contributed by atoms with Gasteiger partial charge in [0.1, 0.15) is 6.04 Å². The maximum atomic E-state index is 12.9. The van der Waals surface area contributed by atoms with E-state index in [4.69, 9.17) is 11.6 Å². The van der Waals surface area contributed by atoms with Crippen LogP contribution in [-0.2, 0) is 14.8 Å². The molecule has 2 aromatic rings. The van der Waals surface area contributed by atoms with E-state index in [1.165, 1.54) is 4.31 Å². The van der Waals surface area contributed by atoms with Crippen molar-refractivity contribution in [2.24, 2.45) is 0 Å². The molecule has 26 heavy (non-hydrogen) atoms. The van der Waals surface area contributed by atoms with Gasteiger partial charge in [-0.25, -0.2) is 8.42 Å². The molecular weight excluding hydrogens is 372 g/mol. The molecular formula is C19H21ClN2O3S. The Bertz CT molecular complexity index is 942. The molecule has 0 radical (unpaired) electrons. The number of piperazine rings is 1. The monoisotopic (exact) mass is 392 g/mol. The number of halogens is 1. The molecule has 0 spiro atoms. The van der Waals surface area contributed by atoms with Gasteiger partial charge in [0, 0.05) is 23.8 Å². The van der Waals surface area contributed by atoms with Gasteiger partial charge in [-0.05, 0) is 56.7 Å². The number of aryl methyl sites for hydroxylation is 2. The molecule has 0 unspecified atom stereocenters. The van der Waals surface area contributed by atoms with Gasteiger partial charge in [-0.3, -0.25) is 4.79 Å². The standard InChI is InChI=1S/C19H21ClN2O3S/c1-13-4-7-17(8-5-13)26(24,25)22-11-10-21(19(23)15(22)3)18-9-6-16(20)12-14(18)2/h4-9,12,15H,10-11H2,1-3H3/t15-/m1/s1. The van der Waals surface area contributed by atoms with Crippen LogP contribution in [0.2, 0.25) is 5.02 Å². The molecule has 2 aromatic carbocycles. The van der Waals surface area contributed by atoms with Crippen LogP contribution in [0.15, 0.2) is 47.4 Å². The highest BCUT2D eigenvalue weighted by Crippen LogP contribution is 2.29. The van der Waals surface area contributed by atoms with Gasteiger partial charge in [0.2, 0.25) is 15.9 Å². The summed E-state index contributed by atoms with van der Waals surface area (Å²) in [6.07, 6.45) is 0. The summed E-state index contributed by atoms with van der Waals surface area (Å²) in [5.41, 5.74) is 2.63. The predicted octanol–water partition coefficient (Wildman–Crippen LogP) is 3.38. The van der Waals surface area contributed by atoms with Crippen LogP contribution in [0, 0.1) is 13.8 Å². The number of anilines is 1. The van der Waals surface area contributed by atoms with Gasteiger partial charge in [-0.2, -0.15) is 4.31 Å². The predicted molar refractivity (Wildman–Crippen MR) is 103 cm³/mol. The Morgan fingerprint density at radius 2 is 1.69 bits per heavy atom. The molecule has 0 aromatic heterocycles. The van der Waals surface area contributed by atoms with Gasteiger partial charge in [0.15, 0.2) is 0 Å². The van der Waals surface area contributed by atoms with Crippen LogP contribution < -0.4 is 4.90 Å². The summed E-state index contributed by atoms with van der Waals surface area (Å²) >= 11 is 5.99. The van der Waals surface area contributed by atoms with E-state index >= 15 is 0 Å². The Morgan fingerprint density at radius 3 is 2.31 bits per heavy atom. The first-order chi connectivity index (χ1) is 12.2. The molecule has 1 atom stereocenters. The van der Waals surface area contributed by atoms with Crippen molar-refractivity contribution >= 4 is 33.2 Å². The van der Waals surface area contributed by atoms with Crippen LogP contribution in [0.1, 0.15) is 18.1 Å². The fourth-order valence-corrected chi connectivity index (χ4v) is 4.99. The molecule has 1 aliphatic heterocycles. The van der Waals surface area contributed by atoms with Crippen molar-refractivity contribution in [3.63, 3.8) is 0 Å². The van der Waals surface area contributed by atoms with E-state index in [1.54, 1.807) is 54.3 Å². The zero-order valence-corrected chi connectivity index (χ0v) is 16.5. The van der Waals surface area contributed by atoms with Crippen LogP contribution >= 0.6 is 11.6 Å². The second-order valence-corrected chi connectivity index (χ2v) is 8.85. The highest BCUT2D eigenvalue weighted by Gasteiger charge is 2.39. The number of amides is 1. The van der Waals surface area contributed by atoms with Gasteiger partial charge < -0.3 is 4.90 Å². The average Bonchev–Trinajstić information content (AvgIpc) is 2.58. The number of carbonyl (C=O) groups is 1. The molecule has 1 amide bonds. The smallest absolute Gasteiger partial charge is 0.245 e. The van der Waals surface area contributed by atoms with Crippen molar-refractivity contribution in [2.45, 2.75) is 31.7 Å². The summed E-state index contributed by atoms with van der Waals surface area (Å²) in [4.78, 5) is 14.7. The Morgan fingerprint density at radius 1 is 1.04 bits per heavy atom. The van der Waals surface area contributed by atoms with E-state index in [9.17, 15) is 13.2 Å². The fourth-order valence-electron chi connectivity index (χ4n) is 3.19. The van der Waals surface area contributed by atoms with E-state index in [0.29, 0.717) is 11.6 Å². The molecule has 0 bridgehead atoms. The van der Waals surface area contributed by atoms with Gasteiger partial charge >= 0.3 is 0 Å². The molecule has 1 saturated heterocycles. The van der Waals surface area contributed by atoms with Crippen molar-refractivity contribution in [1.29, 1.82) is 0 Å². The lowest BCUT2D eigenvalue weighted by Gasteiger charge is -2.38. The maximum absolute atomic E-state index is 12.9. The Labute approximate surface area is 159 Å². The minimum atomic E-state index is -3.72. The normalized spacial score (nSPS) is 19.0. The van der Waals surface area contributed by atoms with E-state index in [1.807, 2.05) is 13.8 Å². The largest absolute Gasteiger partial charge is 0.309 e. The second kappa shape index (κ2) is 7.02. The van der Waals surface area contributed by atoms with Crippen LogP contribution in [0.3, 0.4) is 0 Å². The molecule has 3 rings (SSSR count). The number of nitrogens with zero attached hydrogens (tertiary/aromatic N) is 2. The lowest BCUT2D eigenvalue weighted by atomic mass is 10.1. The third-order valence-corrected chi connectivity index (χ3v) is 6.90. The van der Waals surface area contributed by atoms with Crippen molar-refractivity contribution in [3.05, 3.63) is 58.6 Å². The van der Waals surface area contributed by atoms with Gasteiger partial charge in [0.25, 0.3) is 0 Å². The van der Waals surface area contributed by atoms with Crippen molar-refractivity contribution in [3.8, 4) is 0 Å². The van der Waals surface area contributed by atoms with E-state index < -0.39 is 16.1 Å². The minimum absolute atomic E-state index is 0.207. The third kappa shape index (κ3) is 3.37. The summed E-state index contributed by atoms with van der Waals surface area (Å²) in [5.74, 6) is -0.239. The van der Waals surface area contributed by atoms with Crippen LogP contribution in [0.25, 0.3) is 0 Å². The van der Waals surface area contributed by atoms with Crippen LogP contribution in [0.5, 0.6) is 0 Å². The summed E-state index contributed by atoms with van der Waals surface area (Å²) in [5, 5.41) is 0.604. The van der Waals surface area contributed by atoms with Crippen molar-refractivity contribution in [2.75, 3.05) is 18.0 Å². The number of benzene rings is 2. The molecule has 0 saturated carbocycles. The first-order valence-electron chi connectivity index (χ1n) is 8.38. The summed E-state index contributed by atoms with van der Waals surface area (Å²) < 4.78 is 27.2. The molecule has 1 aliphatic rings. The minimum Gasteiger partial charge on any atom is -0.309 e. The molecule has 5 nitrogen and oxygen atoms in total. The molecule has 1 fully saturated rings. The highest BCUT2D eigenvalue weighted by molar-refractivity contribution is 7.89. The second-order valence-electron chi connectivity index (χ2n) is 6.53. The van der Waals surface area contributed by atoms with Gasteiger partial charge in [-0.1, -0.05) is 29.3 Å². The number of hydrogen-bond donors (Lipinski definition) is 0. The summed E-state index contributed by atoms with van der Waals surface area (Å²) in [6, 6.07) is 11.2. The van der Waals surface area contributed by atoms with E-state index in [2.05, 4.69) is 0 Å². The van der Waals surface area contributed by atoms with Crippen molar-refractivity contribution < 1.29 is 13.2 Å². The van der Waals surface area contributed by atoms with E-state index in [0.717, 1.165) is 16.8 Å². The molecule has 0 aliphatic carbocycles. The number of sulfonamides is 1. The molecule has 0 N–H and O–H groups in total. The lowest BCUT2D eigenvalue weighted by Crippen LogP contribution is -2.57.